The van der Waals surface area contributed by atoms with Crippen molar-refractivity contribution in [1.29, 1.82) is 0 Å². The summed E-state index contributed by atoms with van der Waals surface area (Å²) in [7, 11) is 3.63. The molecule has 1 aliphatic carbocycles. The molecule has 2 aliphatic rings. The minimum absolute atomic E-state index is 0.130. The number of rotatable bonds is 0. The molecule has 3 nitrogen and oxygen atoms in total. The van der Waals surface area contributed by atoms with E-state index in [0.717, 1.165) is 25.9 Å². The van der Waals surface area contributed by atoms with E-state index < -0.39 is 0 Å². The van der Waals surface area contributed by atoms with Gasteiger partial charge in [-0.05, 0) is 24.0 Å². The fraction of sp³-hybridized carbons (Fsp3) is 0.438. The van der Waals surface area contributed by atoms with Crippen LogP contribution in [-0.4, -0.2) is 43.0 Å². The number of piperidine rings is 1. The van der Waals surface area contributed by atoms with Crippen molar-refractivity contribution >= 4 is 12.1 Å². The molecule has 0 atom stereocenters. The Bertz CT molecular complexity index is 525. The summed E-state index contributed by atoms with van der Waals surface area (Å²) in [6.45, 7) is 1.69. The molecule has 19 heavy (non-hydrogen) atoms. The van der Waals surface area contributed by atoms with Gasteiger partial charge in [-0.2, -0.15) is 0 Å². The van der Waals surface area contributed by atoms with Crippen molar-refractivity contribution < 1.29 is 4.79 Å². The smallest absolute Gasteiger partial charge is 0.319 e. The maximum Gasteiger partial charge on any atom is 0.319 e. The predicted molar refractivity (Wildman–Crippen MR) is 77.0 cm³/mol. The molecule has 1 aromatic rings. The summed E-state index contributed by atoms with van der Waals surface area (Å²) in [6, 6.07) is 8.75. The fourth-order valence-electron chi connectivity index (χ4n) is 3.25. The number of likely N-dealkylation sites (tertiary alicyclic amines) is 1. The van der Waals surface area contributed by atoms with Crippen LogP contribution in [0.1, 0.15) is 24.0 Å². The molecule has 0 radical (unpaired) electrons. The molecular formula is C16H20N2O. The third-order valence-corrected chi connectivity index (χ3v) is 4.39. The molecular weight excluding hydrogens is 236 g/mol. The zero-order valence-corrected chi connectivity index (χ0v) is 11.6. The number of urea groups is 1. The molecule has 0 aromatic heterocycles. The number of hydrogen-bond acceptors (Lipinski definition) is 1. The Labute approximate surface area is 114 Å². The molecule has 1 fully saturated rings. The van der Waals surface area contributed by atoms with E-state index in [9.17, 15) is 4.79 Å². The van der Waals surface area contributed by atoms with Gasteiger partial charge in [0.05, 0.1) is 0 Å². The number of nitrogens with zero attached hydrogens (tertiary/aromatic N) is 2. The maximum absolute atomic E-state index is 12.0. The number of fused-ring (bicyclic) bond motifs is 2. The third-order valence-electron chi connectivity index (χ3n) is 4.39. The van der Waals surface area contributed by atoms with Crippen LogP contribution in [0, 0.1) is 0 Å². The number of amides is 2. The lowest BCUT2D eigenvalue weighted by Crippen LogP contribution is -2.47. The van der Waals surface area contributed by atoms with Crippen molar-refractivity contribution in [3.8, 4) is 0 Å². The summed E-state index contributed by atoms with van der Waals surface area (Å²) < 4.78 is 0. The minimum atomic E-state index is 0.130. The van der Waals surface area contributed by atoms with E-state index >= 15 is 0 Å². The Morgan fingerprint density at radius 1 is 1.21 bits per heavy atom. The van der Waals surface area contributed by atoms with E-state index in [0.29, 0.717) is 0 Å². The Balaban J connectivity index is 1.78. The molecule has 1 aromatic carbocycles. The van der Waals surface area contributed by atoms with E-state index in [-0.39, 0.29) is 11.4 Å². The molecule has 3 heteroatoms. The van der Waals surface area contributed by atoms with E-state index in [1.165, 1.54) is 11.1 Å². The van der Waals surface area contributed by atoms with Crippen LogP contribution in [0.2, 0.25) is 0 Å². The number of carbonyl (C=O) groups is 1. The van der Waals surface area contributed by atoms with Crippen molar-refractivity contribution in [2.24, 2.45) is 0 Å². The van der Waals surface area contributed by atoms with Gasteiger partial charge in [0.2, 0.25) is 0 Å². The van der Waals surface area contributed by atoms with Crippen LogP contribution in [0.25, 0.3) is 6.08 Å². The van der Waals surface area contributed by atoms with Gasteiger partial charge in [-0.1, -0.05) is 36.4 Å². The van der Waals surface area contributed by atoms with E-state index in [2.05, 4.69) is 36.4 Å². The lowest BCUT2D eigenvalue weighted by atomic mass is 9.74. The van der Waals surface area contributed by atoms with Crippen LogP contribution >= 0.6 is 0 Å². The molecule has 0 saturated carbocycles. The average Bonchev–Trinajstić information content (AvgIpc) is 2.78. The molecule has 100 valence electrons. The van der Waals surface area contributed by atoms with Crippen LogP contribution in [-0.2, 0) is 5.41 Å². The zero-order valence-electron chi connectivity index (χ0n) is 11.6. The van der Waals surface area contributed by atoms with Crippen molar-refractivity contribution in [2.45, 2.75) is 18.3 Å². The van der Waals surface area contributed by atoms with Crippen LogP contribution in [0.3, 0.4) is 0 Å². The number of benzene rings is 1. The van der Waals surface area contributed by atoms with E-state index in [1.54, 1.807) is 4.90 Å². The standard InChI is InChI=1S/C16H20N2O/c1-17(2)15(19)18-11-9-16(10-12-18)8-7-13-5-3-4-6-14(13)16/h3-8H,9-12H2,1-2H3. The quantitative estimate of drug-likeness (QED) is 0.700. The highest BCUT2D eigenvalue weighted by Crippen LogP contribution is 2.43. The van der Waals surface area contributed by atoms with Gasteiger partial charge in [0.1, 0.15) is 0 Å². The second-order valence-corrected chi connectivity index (χ2v) is 5.74. The first-order valence-corrected chi connectivity index (χ1v) is 6.87. The number of carbonyl (C=O) groups excluding carboxylic acids is 1. The Morgan fingerprint density at radius 2 is 1.89 bits per heavy atom. The SMILES string of the molecule is CN(C)C(=O)N1CCC2(C=Cc3ccccc32)CC1. The molecule has 1 aliphatic heterocycles. The molecule has 1 spiro atoms. The summed E-state index contributed by atoms with van der Waals surface area (Å²) in [5.74, 6) is 0. The van der Waals surface area contributed by atoms with E-state index in [1.807, 2.05) is 19.0 Å². The monoisotopic (exact) mass is 256 g/mol. The predicted octanol–water partition coefficient (Wildman–Crippen LogP) is 2.73. The van der Waals surface area contributed by atoms with Gasteiger partial charge in [-0.15, -0.1) is 0 Å². The first-order valence-electron chi connectivity index (χ1n) is 6.87. The number of allylic oxidation sites excluding steroid dienone is 1. The summed E-state index contributed by atoms with van der Waals surface area (Å²) in [6.07, 6.45) is 6.63. The highest BCUT2D eigenvalue weighted by molar-refractivity contribution is 5.74. The summed E-state index contributed by atoms with van der Waals surface area (Å²) in [5.41, 5.74) is 2.95. The molecule has 0 bridgehead atoms. The van der Waals surface area contributed by atoms with Crippen molar-refractivity contribution in [2.75, 3.05) is 27.2 Å². The lowest BCUT2D eigenvalue weighted by molar-refractivity contribution is 0.147. The van der Waals surface area contributed by atoms with Crippen molar-refractivity contribution in [1.82, 2.24) is 9.80 Å². The Morgan fingerprint density at radius 3 is 2.58 bits per heavy atom. The summed E-state index contributed by atoms with van der Waals surface area (Å²) in [5, 5.41) is 0. The topological polar surface area (TPSA) is 23.6 Å². The zero-order chi connectivity index (χ0) is 13.5. The lowest BCUT2D eigenvalue weighted by Gasteiger charge is -2.40. The first kappa shape index (κ1) is 12.3. The highest BCUT2D eigenvalue weighted by atomic mass is 16.2. The van der Waals surface area contributed by atoms with Gasteiger partial charge in [-0.3, -0.25) is 0 Å². The maximum atomic E-state index is 12.0. The second kappa shape index (κ2) is 4.41. The van der Waals surface area contributed by atoms with Crippen molar-refractivity contribution in [3.63, 3.8) is 0 Å². The van der Waals surface area contributed by atoms with Gasteiger partial charge >= 0.3 is 6.03 Å². The fourth-order valence-corrected chi connectivity index (χ4v) is 3.25. The van der Waals surface area contributed by atoms with Gasteiger partial charge in [0.15, 0.2) is 0 Å². The highest BCUT2D eigenvalue weighted by Gasteiger charge is 2.38. The van der Waals surface area contributed by atoms with Gasteiger partial charge < -0.3 is 9.80 Å². The molecule has 1 heterocycles. The Hall–Kier alpha value is -1.77. The van der Waals surface area contributed by atoms with Crippen LogP contribution in [0.5, 0.6) is 0 Å². The molecule has 1 saturated heterocycles. The van der Waals surface area contributed by atoms with Gasteiger partial charge in [0.25, 0.3) is 0 Å². The molecule has 0 N–H and O–H groups in total. The minimum Gasteiger partial charge on any atom is -0.331 e. The van der Waals surface area contributed by atoms with Gasteiger partial charge in [-0.25, -0.2) is 4.79 Å². The van der Waals surface area contributed by atoms with E-state index in [4.69, 9.17) is 0 Å². The Kier molecular flexibility index (Phi) is 2.85. The van der Waals surface area contributed by atoms with Gasteiger partial charge in [0, 0.05) is 32.6 Å². The summed E-state index contributed by atoms with van der Waals surface area (Å²) in [4.78, 5) is 15.6. The molecule has 2 amide bonds. The summed E-state index contributed by atoms with van der Waals surface area (Å²) >= 11 is 0. The van der Waals surface area contributed by atoms with Crippen LogP contribution in [0.15, 0.2) is 30.3 Å². The first-order chi connectivity index (χ1) is 9.12. The normalized spacial score (nSPS) is 19.6. The van der Waals surface area contributed by atoms with Crippen molar-refractivity contribution in [3.05, 3.63) is 41.5 Å². The largest absolute Gasteiger partial charge is 0.331 e. The number of hydrogen-bond donors (Lipinski definition) is 0. The average molecular weight is 256 g/mol. The third kappa shape index (κ3) is 1.93. The second-order valence-electron chi connectivity index (χ2n) is 5.74. The molecule has 3 rings (SSSR count). The molecule has 0 unspecified atom stereocenters. The van der Waals surface area contributed by atoms with Crippen LogP contribution in [0.4, 0.5) is 4.79 Å². The van der Waals surface area contributed by atoms with Crippen LogP contribution < -0.4 is 0 Å².